The predicted octanol–water partition coefficient (Wildman–Crippen LogP) is 19.1. The second kappa shape index (κ2) is 26.7. The van der Waals surface area contributed by atoms with Crippen LogP contribution in [0.15, 0.2) is 236 Å². The maximum absolute atomic E-state index is 4.19. The topological polar surface area (TPSA) is 18.5 Å². The minimum atomic E-state index is 0.0633. The number of anilines is 4. The lowest BCUT2D eigenvalue weighted by Crippen LogP contribution is -2.34. The molecular weight excluding hydrogens is 859 g/mol. The van der Waals surface area contributed by atoms with Gasteiger partial charge in [-0.3, -0.25) is 5.32 Å². The molecule has 2 aliphatic rings. The molecule has 3 unspecified atom stereocenters. The Bertz CT molecular complexity index is 2830. The molecule has 0 radical (unpaired) electrons. The molecule has 0 bridgehead atoms. The van der Waals surface area contributed by atoms with Gasteiger partial charge in [-0.25, -0.2) is 0 Å². The van der Waals surface area contributed by atoms with Crippen LogP contribution in [-0.2, 0) is 0 Å². The van der Waals surface area contributed by atoms with E-state index in [0.29, 0.717) is 0 Å². The molecule has 1 aliphatic heterocycles. The standard InChI is InChI=1S/C59H63N3.C7H8.C2H6/c1-9-19-47(20-10-2)45(13-5)40-44(8)46-31-36-52(37-32-46)61(54-35-26-43(7)56(41-54)55(21-11-3)42(6)12-4)53-38-33-49(34-39-53)48-27-29-50(30-28-48)59-60-57-24-17-18-25-58(57)62(59)51-22-15-14-16-23-51;1-7-5-3-2-4-6-7;1-2/h11-18,21-41,57-60H,4-5,9-10,19-20H2,1-3,6-8H3;2-6H,1H3;1-2H3/b21-11-,44-40+,55-42+;;. The zero-order chi connectivity index (χ0) is 50.7. The normalized spacial score (nSPS) is 16.2. The molecule has 1 heterocycles. The van der Waals surface area contributed by atoms with E-state index >= 15 is 0 Å². The molecule has 3 heteroatoms. The summed E-state index contributed by atoms with van der Waals surface area (Å²) in [6.07, 6.45) is 24.1. The smallest absolute Gasteiger partial charge is 0.107 e. The van der Waals surface area contributed by atoms with Crippen molar-refractivity contribution in [2.75, 3.05) is 9.80 Å². The van der Waals surface area contributed by atoms with Crippen molar-refractivity contribution in [2.45, 2.75) is 106 Å². The molecule has 8 rings (SSSR count). The molecule has 1 aliphatic carbocycles. The van der Waals surface area contributed by atoms with E-state index in [0.717, 1.165) is 48.3 Å². The summed E-state index contributed by atoms with van der Waals surface area (Å²) >= 11 is 0. The Hall–Kier alpha value is -7.20. The number of para-hydroxylation sites is 1. The SMILES string of the molecule is C=CC(/C=C(\C)c1ccc(N(c2ccc(-c3ccc(C4NC5C=CC=CC5N4c4ccccc4)cc3)cc2)c2ccc(C)c(C(/C=C\C)=C(\C)C=C)c2)cc1)=C(CCC)CCC.CC.Cc1ccccc1. The number of nitrogens with zero attached hydrogens (tertiary/aromatic N) is 2. The highest BCUT2D eigenvalue weighted by molar-refractivity contribution is 5.85. The van der Waals surface area contributed by atoms with Gasteiger partial charge in [-0.2, -0.15) is 0 Å². The number of nitrogens with one attached hydrogen (secondary N) is 1. The number of hydrogen-bond donors (Lipinski definition) is 1. The van der Waals surface area contributed by atoms with Crippen LogP contribution in [-0.4, -0.2) is 12.1 Å². The lowest BCUT2D eigenvalue weighted by molar-refractivity contribution is 0.610. The van der Waals surface area contributed by atoms with Crippen LogP contribution in [0.4, 0.5) is 22.7 Å². The van der Waals surface area contributed by atoms with E-state index in [4.69, 9.17) is 0 Å². The summed E-state index contributed by atoms with van der Waals surface area (Å²) in [6, 6.07) is 55.5. The Labute approximate surface area is 428 Å². The Morgan fingerprint density at radius 2 is 1.23 bits per heavy atom. The van der Waals surface area contributed by atoms with Crippen LogP contribution < -0.4 is 15.1 Å². The molecule has 3 atom stereocenters. The van der Waals surface area contributed by atoms with Gasteiger partial charge < -0.3 is 9.80 Å². The monoisotopic (exact) mass is 936 g/mol. The lowest BCUT2D eigenvalue weighted by Gasteiger charge is -2.31. The highest BCUT2D eigenvalue weighted by Crippen LogP contribution is 2.40. The predicted molar refractivity (Wildman–Crippen MR) is 313 cm³/mol. The molecule has 1 N–H and O–H groups in total. The summed E-state index contributed by atoms with van der Waals surface area (Å²) in [5.74, 6) is 0. The van der Waals surface area contributed by atoms with E-state index in [1.165, 1.54) is 66.9 Å². The van der Waals surface area contributed by atoms with Gasteiger partial charge in [0, 0.05) is 22.7 Å². The molecule has 71 heavy (non-hydrogen) atoms. The highest BCUT2D eigenvalue weighted by atomic mass is 15.4. The number of allylic oxidation sites excluding steroid dienone is 12. The van der Waals surface area contributed by atoms with Crippen molar-refractivity contribution >= 4 is 33.9 Å². The fraction of sp³-hybridized carbons (Fsp3) is 0.235. The number of hydrogen-bond acceptors (Lipinski definition) is 3. The first kappa shape index (κ1) is 53.2. The lowest BCUT2D eigenvalue weighted by atomic mass is 9.94. The first-order valence-corrected chi connectivity index (χ1v) is 25.8. The van der Waals surface area contributed by atoms with Crippen LogP contribution in [0.3, 0.4) is 0 Å². The molecule has 0 amide bonds. The van der Waals surface area contributed by atoms with Gasteiger partial charge in [0.15, 0.2) is 0 Å². The maximum Gasteiger partial charge on any atom is 0.107 e. The van der Waals surface area contributed by atoms with Gasteiger partial charge in [-0.15, -0.1) is 0 Å². The minimum absolute atomic E-state index is 0.0633. The number of benzene rings is 6. The van der Waals surface area contributed by atoms with Crippen molar-refractivity contribution in [1.29, 1.82) is 0 Å². The average Bonchev–Trinajstić information content (AvgIpc) is 3.81. The van der Waals surface area contributed by atoms with E-state index in [9.17, 15) is 0 Å². The second-order valence-corrected chi connectivity index (χ2v) is 18.2. The third-order valence-corrected chi connectivity index (χ3v) is 13.3. The van der Waals surface area contributed by atoms with Crippen molar-refractivity contribution in [3.05, 3.63) is 264 Å². The number of aryl methyl sites for hydroxylation is 2. The van der Waals surface area contributed by atoms with E-state index in [1.54, 1.807) is 0 Å². The van der Waals surface area contributed by atoms with Crippen molar-refractivity contribution < 1.29 is 0 Å². The summed E-state index contributed by atoms with van der Waals surface area (Å²) < 4.78 is 0. The van der Waals surface area contributed by atoms with Crippen molar-refractivity contribution in [2.24, 2.45) is 0 Å². The number of rotatable bonds is 16. The summed E-state index contributed by atoms with van der Waals surface area (Å²) in [4.78, 5) is 4.88. The van der Waals surface area contributed by atoms with Crippen molar-refractivity contribution in [3.63, 3.8) is 0 Å². The highest BCUT2D eigenvalue weighted by Gasteiger charge is 2.39. The van der Waals surface area contributed by atoms with E-state index < -0.39 is 0 Å². The third-order valence-electron chi connectivity index (χ3n) is 13.3. The summed E-state index contributed by atoms with van der Waals surface area (Å²) in [7, 11) is 0. The average molecular weight is 936 g/mol. The van der Waals surface area contributed by atoms with E-state index in [-0.39, 0.29) is 18.2 Å². The fourth-order valence-electron chi connectivity index (χ4n) is 9.53. The first-order chi connectivity index (χ1) is 34.7. The molecule has 0 saturated carbocycles. The van der Waals surface area contributed by atoms with Gasteiger partial charge in [0.25, 0.3) is 0 Å². The summed E-state index contributed by atoms with van der Waals surface area (Å²) in [6.45, 7) is 27.5. The Balaban J connectivity index is 0.000000834. The Kier molecular flexibility index (Phi) is 20.0. The molecule has 1 fully saturated rings. The van der Waals surface area contributed by atoms with Gasteiger partial charge in [0.05, 0.1) is 12.1 Å². The minimum Gasteiger partial charge on any atom is -0.343 e. The molecule has 3 nitrogen and oxygen atoms in total. The van der Waals surface area contributed by atoms with E-state index in [2.05, 4.69) is 253 Å². The number of fused-ring (bicyclic) bond motifs is 1. The van der Waals surface area contributed by atoms with Crippen LogP contribution in [0.25, 0.3) is 22.3 Å². The molecule has 0 spiro atoms. The van der Waals surface area contributed by atoms with Crippen LogP contribution in [0.1, 0.15) is 108 Å². The quantitative estimate of drug-likeness (QED) is 0.0976. The van der Waals surface area contributed by atoms with Crippen LogP contribution >= 0.6 is 0 Å². The summed E-state index contributed by atoms with van der Waals surface area (Å²) in [5, 5.41) is 3.89. The zero-order valence-corrected chi connectivity index (χ0v) is 44.0. The Morgan fingerprint density at radius 1 is 0.662 bits per heavy atom. The fourth-order valence-corrected chi connectivity index (χ4v) is 9.53. The molecule has 0 aromatic heterocycles. The zero-order valence-electron chi connectivity index (χ0n) is 44.0. The molecule has 364 valence electrons. The van der Waals surface area contributed by atoms with Gasteiger partial charge in [-0.05, 0) is 152 Å². The van der Waals surface area contributed by atoms with Gasteiger partial charge in [-0.1, -0.05) is 223 Å². The molecule has 6 aromatic rings. The van der Waals surface area contributed by atoms with Crippen LogP contribution in [0.2, 0.25) is 0 Å². The van der Waals surface area contributed by atoms with E-state index in [1.807, 2.05) is 44.2 Å². The first-order valence-electron chi connectivity index (χ1n) is 25.8. The molecule has 6 aromatic carbocycles. The van der Waals surface area contributed by atoms with Gasteiger partial charge in [0.2, 0.25) is 0 Å². The van der Waals surface area contributed by atoms with Crippen molar-refractivity contribution in [1.82, 2.24) is 5.32 Å². The van der Waals surface area contributed by atoms with Crippen LogP contribution in [0.5, 0.6) is 0 Å². The van der Waals surface area contributed by atoms with Gasteiger partial charge in [0.1, 0.15) is 6.17 Å². The Morgan fingerprint density at radius 3 is 1.77 bits per heavy atom. The van der Waals surface area contributed by atoms with Gasteiger partial charge >= 0.3 is 0 Å². The third kappa shape index (κ3) is 13.4. The second-order valence-electron chi connectivity index (χ2n) is 18.2. The maximum atomic E-state index is 4.19. The van der Waals surface area contributed by atoms with Crippen molar-refractivity contribution in [3.8, 4) is 11.1 Å². The molecule has 1 saturated heterocycles. The summed E-state index contributed by atoms with van der Waals surface area (Å²) in [5.41, 5.74) is 19.4. The largest absolute Gasteiger partial charge is 0.343 e. The molecular formula is C68H77N3. The van der Waals surface area contributed by atoms with Crippen LogP contribution in [0, 0.1) is 13.8 Å².